The molecule has 0 aliphatic heterocycles. The number of ether oxygens (including phenoxy) is 3. The lowest BCUT2D eigenvalue weighted by atomic mass is 10.1. The predicted octanol–water partition coefficient (Wildman–Crippen LogP) is 3.13. The van der Waals surface area contributed by atoms with Crippen LogP contribution in [0.25, 0.3) is 0 Å². The number of amides is 1. The second-order valence-electron chi connectivity index (χ2n) is 5.88. The first-order valence-electron chi connectivity index (χ1n) is 8.14. The zero-order valence-electron chi connectivity index (χ0n) is 16.2. The van der Waals surface area contributed by atoms with Crippen molar-refractivity contribution in [1.29, 1.82) is 0 Å². The lowest BCUT2D eigenvalue weighted by molar-refractivity contribution is -0.117. The van der Waals surface area contributed by atoms with E-state index in [1.807, 2.05) is 0 Å². The summed E-state index contributed by atoms with van der Waals surface area (Å²) in [6.45, 7) is 0.377. The monoisotopic (exact) mass is 383 g/mol. The molecule has 1 amide bonds. The number of carbonyl (C=O) groups is 1. The van der Waals surface area contributed by atoms with Crippen molar-refractivity contribution in [2.45, 2.75) is 26.8 Å². The van der Waals surface area contributed by atoms with Gasteiger partial charge in [-0.2, -0.15) is 13.9 Å². The van der Waals surface area contributed by atoms with Crippen molar-refractivity contribution in [3.63, 3.8) is 0 Å². The summed E-state index contributed by atoms with van der Waals surface area (Å²) in [5.41, 5.74) is 1.68. The van der Waals surface area contributed by atoms with Gasteiger partial charge in [0.1, 0.15) is 0 Å². The topological polar surface area (TPSA) is 65.8 Å². The number of aromatic nitrogens is 2. The first-order valence-corrected chi connectivity index (χ1v) is 8.14. The van der Waals surface area contributed by atoms with E-state index in [1.54, 1.807) is 26.1 Å². The number of benzene rings is 1. The van der Waals surface area contributed by atoms with E-state index in [0.717, 1.165) is 0 Å². The zero-order valence-corrected chi connectivity index (χ0v) is 16.2. The Morgan fingerprint density at radius 3 is 2.11 bits per heavy atom. The highest BCUT2D eigenvalue weighted by molar-refractivity contribution is 5.95. The highest BCUT2D eigenvalue weighted by Gasteiger charge is 2.23. The minimum absolute atomic E-state index is 0.0580. The number of likely N-dealkylation sites (N-methyl/N-ethyl adjacent to an activating group) is 1. The fraction of sp³-hybridized carbons (Fsp3) is 0.444. The van der Waals surface area contributed by atoms with Gasteiger partial charge in [-0.25, -0.2) is 4.68 Å². The van der Waals surface area contributed by atoms with Crippen LogP contribution in [0.5, 0.6) is 17.2 Å². The van der Waals surface area contributed by atoms with Gasteiger partial charge in [-0.15, -0.1) is 0 Å². The SMILES string of the molecule is COc1cc(N(C)C(=O)Cc2c(C)nn(C(F)F)c2C)cc(OC)c1OC. The number of methoxy groups -OCH3 is 3. The maximum atomic E-state index is 13.0. The van der Waals surface area contributed by atoms with Gasteiger partial charge in [0.25, 0.3) is 0 Å². The van der Waals surface area contributed by atoms with Crippen molar-refractivity contribution in [2.24, 2.45) is 0 Å². The first kappa shape index (κ1) is 20.5. The van der Waals surface area contributed by atoms with Gasteiger partial charge >= 0.3 is 6.55 Å². The Balaban J connectivity index is 2.33. The lowest BCUT2D eigenvalue weighted by Crippen LogP contribution is -2.28. The summed E-state index contributed by atoms with van der Waals surface area (Å²) < 4.78 is 42.5. The standard InChI is InChI=1S/C18H23F2N3O4/c1-10-13(11(2)23(21-10)18(19)20)9-16(24)22(3)12-7-14(25-4)17(27-6)15(8-12)26-5/h7-8,18H,9H2,1-6H3. The molecule has 1 heterocycles. The quantitative estimate of drug-likeness (QED) is 0.735. The first-order chi connectivity index (χ1) is 12.7. The second-order valence-corrected chi connectivity index (χ2v) is 5.88. The average Bonchev–Trinajstić information content (AvgIpc) is 2.94. The van der Waals surface area contributed by atoms with Crippen LogP contribution in [0.1, 0.15) is 23.5 Å². The molecule has 148 valence electrons. The van der Waals surface area contributed by atoms with E-state index in [2.05, 4.69) is 5.10 Å². The van der Waals surface area contributed by atoms with Gasteiger partial charge in [-0.1, -0.05) is 0 Å². The molecule has 0 N–H and O–H groups in total. The summed E-state index contributed by atoms with van der Waals surface area (Å²) in [5.74, 6) is 0.938. The molecule has 0 saturated carbocycles. The van der Waals surface area contributed by atoms with E-state index in [0.29, 0.717) is 38.9 Å². The number of hydrogen-bond donors (Lipinski definition) is 0. The second kappa shape index (κ2) is 8.24. The van der Waals surface area contributed by atoms with E-state index >= 15 is 0 Å². The summed E-state index contributed by atoms with van der Waals surface area (Å²) >= 11 is 0. The molecule has 0 radical (unpaired) electrons. The molecule has 0 saturated heterocycles. The fourth-order valence-corrected chi connectivity index (χ4v) is 2.82. The summed E-state index contributed by atoms with van der Waals surface area (Å²) in [4.78, 5) is 14.1. The van der Waals surface area contributed by atoms with Crippen LogP contribution in [0.2, 0.25) is 0 Å². The molecule has 0 unspecified atom stereocenters. The molecule has 0 aliphatic rings. The van der Waals surface area contributed by atoms with Crippen LogP contribution in [0, 0.1) is 13.8 Å². The Labute approximate surface area is 156 Å². The molecule has 0 spiro atoms. The molecule has 9 heteroatoms. The maximum absolute atomic E-state index is 13.0. The lowest BCUT2D eigenvalue weighted by Gasteiger charge is -2.21. The van der Waals surface area contributed by atoms with Gasteiger partial charge in [0.05, 0.1) is 39.1 Å². The Kier molecular flexibility index (Phi) is 6.24. The van der Waals surface area contributed by atoms with E-state index in [9.17, 15) is 13.6 Å². The minimum atomic E-state index is -2.75. The minimum Gasteiger partial charge on any atom is -0.493 e. The molecule has 0 atom stereocenters. The molecule has 2 rings (SSSR count). The largest absolute Gasteiger partial charge is 0.493 e. The molecule has 2 aromatic rings. The molecule has 7 nitrogen and oxygen atoms in total. The van der Waals surface area contributed by atoms with Gasteiger partial charge in [0, 0.05) is 30.4 Å². The third-order valence-corrected chi connectivity index (χ3v) is 4.40. The summed E-state index contributed by atoms with van der Waals surface area (Å²) in [6, 6.07) is 3.28. The Hall–Kier alpha value is -2.84. The van der Waals surface area contributed by atoms with Crippen molar-refractivity contribution in [2.75, 3.05) is 33.3 Å². The van der Waals surface area contributed by atoms with Crippen molar-refractivity contribution in [3.05, 3.63) is 29.1 Å². The average molecular weight is 383 g/mol. The number of halogens is 2. The molecule has 27 heavy (non-hydrogen) atoms. The predicted molar refractivity (Wildman–Crippen MR) is 96.2 cm³/mol. The molecule has 0 fully saturated rings. The van der Waals surface area contributed by atoms with Crippen molar-refractivity contribution < 1.29 is 27.8 Å². The van der Waals surface area contributed by atoms with Crippen LogP contribution in [-0.2, 0) is 11.2 Å². The number of rotatable bonds is 7. The van der Waals surface area contributed by atoms with Gasteiger partial charge in [0.2, 0.25) is 11.7 Å². The fourth-order valence-electron chi connectivity index (χ4n) is 2.82. The molecule has 1 aromatic heterocycles. The number of carbonyl (C=O) groups excluding carboxylic acids is 1. The number of alkyl halides is 2. The van der Waals surface area contributed by atoms with Gasteiger partial charge in [-0.3, -0.25) is 4.79 Å². The third kappa shape index (κ3) is 3.96. The highest BCUT2D eigenvalue weighted by Crippen LogP contribution is 2.41. The van der Waals surface area contributed by atoms with E-state index in [-0.39, 0.29) is 18.0 Å². The molecule has 0 aliphatic carbocycles. The number of nitrogens with zero attached hydrogens (tertiary/aromatic N) is 3. The Morgan fingerprint density at radius 1 is 1.15 bits per heavy atom. The summed E-state index contributed by atoms with van der Waals surface area (Å²) in [6.07, 6.45) is -0.0580. The van der Waals surface area contributed by atoms with Crippen LogP contribution in [-0.4, -0.2) is 44.1 Å². The molecular weight excluding hydrogens is 360 g/mol. The zero-order chi connectivity index (χ0) is 20.3. The van der Waals surface area contributed by atoms with E-state index < -0.39 is 6.55 Å². The smallest absolute Gasteiger partial charge is 0.333 e. The maximum Gasteiger partial charge on any atom is 0.333 e. The molecule has 0 bridgehead atoms. The summed E-state index contributed by atoms with van der Waals surface area (Å²) in [5, 5.41) is 3.81. The molecule has 1 aromatic carbocycles. The molecular formula is C18H23F2N3O4. The van der Waals surface area contributed by atoms with Crippen LogP contribution < -0.4 is 19.1 Å². The Bertz CT molecular complexity index is 811. The summed E-state index contributed by atoms with van der Waals surface area (Å²) in [7, 11) is 6.04. The van der Waals surface area contributed by atoms with Crippen molar-refractivity contribution in [1.82, 2.24) is 9.78 Å². The van der Waals surface area contributed by atoms with Crippen molar-refractivity contribution in [3.8, 4) is 17.2 Å². The van der Waals surface area contributed by atoms with Crippen LogP contribution >= 0.6 is 0 Å². The third-order valence-electron chi connectivity index (χ3n) is 4.40. The van der Waals surface area contributed by atoms with Gasteiger partial charge in [0.15, 0.2) is 11.5 Å². The van der Waals surface area contributed by atoms with Crippen LogP contribution in [0.15, 0.2) is 12.1 Å². The van der Waals surface area contributed by atoms with Gasteiger partial charge in [-0.05, 0) is 13.8 Å². The number of aryl methyl sites for hydroxylation is 1. The van der Waals surface area contributed by atoms with Crippen LogP contribution in [0.4, 0.5) is 14.5 Å². The van der Waals surface area contributed by atoms with E-state index in [4.69, 9.17) is 14.2 Å². The van der Waals surface area contributed by atoms with Crippen molar-refractivity contribution >= 4 is 11.6 Å². The van der Waals surface area contributed by atoms with Crippen LogP contribution in [0.3, 0.4) is 0 Å². The number of anilines is 1. The number of hydrogen-bond acceptors (Lipinski definition) is 5. The highest BCUT2D eigenvalue weighted by atomic mass is 19.3. The Morgan fingerprint density at radius 2 is 1.70 bits per heavy atom. The van der Waals surface area contributed by atoms with E-state index in [1.165, 1.54) is 33.2 Å². The van der Waals surface area contributed by atoms with Gasteiger partial charge < -0.3 is 19.1 Å². The normalized spacial score (nSPS) is 10.9.